The summed E-state index contributed by atoms with van der Waals surface area (Å²) in [7, 11) is 0. The molecule has 12 heavy (non-hydrogen) atoms. The molecule has 0 aromatic carbocycles. The standard InChI is InChI=1S/C9H13NO2/c10-8(9(11)12)4-6-3-7(6)5-1-2-5/h6,8H,1-4,10H2,(H,11,12). The normalized spacial score (nSPS) is 28.6. The lowest BCUT2D eigenvalue weighted by atomic mass is 10.1. The predicted molar refractivity (Wildman–Crippen MR) is 44.6 cm³/mol. The van der Waals surface area contributed by atoms with Crippen LogP contribution in [0, 0.1) is 5.92 Å². The third-order valence-electron chi connectivity index (χ3n) is 2.61. The van der Waals surface area contributed by atoms with Gasteiger partial charge in [-0.2, -0.15) is 0 Å². The molecule has 0 radical (unpaired) electrons. The molecule has 2 aliphatic carbocycles. The van der Waals surface area contributed by atoms with Crippen LogP contribution < -0.4 is 5.73 Å². The van der Waals surface area contributed by atoms with Crippen molar-refractivity contribution in [2.24, 2.45) is 11.7 Å². The number of carboxylic acids is 1. The summed E-state index contributed by atoms with van der Waals surface area (Å²) in [6.45, 7) is 0. The summed E-state index contributed by atoms with van der Waals surface area (Å²) >= 11 is 0. The van der Waals surface area contributed by atoms with Crippen molar-refractivity contribution in [3.8, 4) is 0 Å². The second kappa shape index (κ2) is 2.59. The van der Waals surface area contributed by atoms with Crippen LogP contribution in [0.1, 0.15) is 25.7 Å². The minimum atomic E-state index is -0.873. The summed E-state index contributed by atoms with van der Waals surface area (Å²) in [4.78, 5) is 10.4. The zero-order valence-electron chi connectivity index (χ0n) is 6.92. The molecule has 3 nitrogen and oxygen atoms in total. The van der Waals surface area contributed by atoms with Crippen LogP contribution >= 0.6 is 0 Å². The van der Waals surface area contributed by atoms with Crippen molar-refractivity contribution in [3.63, 3.8) is 0 Å². The first-order valence-corrected chi connectivity index (χ1v) is 4.37. The Balaban J connectivity index is 1.83. The Bertz CT molecular complexity index is 251. The van der Waals surface area contributed by atoms with Crippen LogP contribution in [0.25, 0.3) is 0 Å². The van der Waals surface area contributed by atoms with Gasteiger partial charge in [0.15, 0.2) is 0 Å². The fraction of sp³-hybridized carbons (Fsp3) is 0.667. The maximum atomic E-state index is 10.4. The SMILES string of the molecule is NC(CC1CC1=C1CC1)C(=O)O. The van der Waals surface area contributed by atoms with E-state index in [4.69, 9.17) is 10.8 Å². The summed E-state index contributed by atoms with van der Waals surface area (Å²) in [5.74, 6) is -0.365. The van der Waals surface area contributed by atoms with Gasteiger partial charge in [-0.3, -0.25) is 4.79 Å². The Hall–Kier alpha value is -0.830. The van der Waals surface area contributed by atoms with Gasteiger partial charge in [0, 0.05) is 0 Å². The van der Waals surface area contributed by atoms with Gasteiger partial charge in [-0.25, -0.2) is 0 Å². The van der Waals surface area contributed by atoms with E-state index in [1.165, 1.54) is 18.4 Å². The predicted octanol–water partition coefficient (Wildman–Crippen LogP) is 0.899. The van der Waals surface area contributed by atoms with E-state index in [-0.39, 0.29) is 0 Å². The Kier molecular flexibility index (Phi) is 1.68. The van der Waals surface area contributed by atoms with Crippen molar-refractivity contribution < 1.29 is 9.90 Å². The molecule has 0 spiro atoms. The molecule has 0 aliphatic heterocycles. The van der Waals surface area contributed by atoms with Crippen LogP contribution in [0.4, 0.5) is 0 Å². The number of hydrogen-bond acceptors (Lipinski definition) is 2. The summed E-state index contributed by atoms with van der Waals surface area (Å²) in [6.07, 6.45) is 4.23. The quantitative estimate of drug-likeness (QED) is 0.614. The molecule has 0 aromatic heterocycles. The molecular weight excluding hydrogens is 154 g/mol. The largest absolute Gasteiger partial charge is 0.480 e. The summed E-state index contributed by atoms with van der Waals surface area (Å²) in [6, 6.07) is -0.660. The van der Waals surface area contributed by atoms with E-state index < -0.39 is 12.0 Å². The van der Waals surface area contributed by atoms with E-state index in [0.717, 1.165) is 6.42 Å². The van der Waals surface area contributed by atoms with Gasteiger partial charge < -0.3 is 10.8 Å². The molecule has 2 unspecified atom stereocenters. The maximum absolute atomic E-state index is 10.4. The lowest BCUT2D eigenvalue weighted by Gasteiger charge is -2.02. The van der Waals surface area contributed by atoms with Crippen LogP contribution in [0.2, 0.25) is 0 Å². The number of carboxylic acid groups (broad SMARTS) is 1. The zero-order chi connectivity index (χ0) is 8.72. The van der Waals surface area contributed by atoms with E-state index in [1.807, 2.05) is 0 Å². The maximum Gasteiger partial charge on any atom is 0.320 e. The Morgan fingerprint density at radius 3 is 2.83 bits per heavy atom. The van der Waals surface area contributed by atoms with Crippen LogP contribution in [0.5, 0.6) is 0 Å². The molecule has 2 atom stereocenters. The summed E-state index contributed by atoms with van der Waals surface area (Å²) in [5, 5.41) is 8.56. The van der Waals surface area contributed by atoms with Crippen molar-refractivity contribution in [2.45, 2.75) is 31.7 Å². The number of carbonyl (C=O) groups is 1. The molecule has 2 rings (SSSR count). The first-order valence-electron chi connectivity index (χ1n) is 4.37. The number of allylic oxidation sites excluding steroid dienone is 2. The second-order valence-electron chi connectivity index (χ2n) is 3.71. The fourth-order valence-corrected chi connectivity index (χ4v) is 1.66. The van der Waals surface area contributed by atoms with Gasteiger partial charge in [0.1, 0.15) is 6.04 Å². The fourth-order valence-electron chi connectivity index (χ4n) is 1.66. The average Bonchev–Trinajstić information content (AvgIpc) is 2.79. The molecule has 0 saturated heterocycles. The highest BCUT2D eigenvalue weighted by Crippen LogP contribution is 2.50. The van der Waals surface area contributed by atoms with E-state index in [1.54, 1.807) is 5.57 Å². The van der Waals surface area contributed by atoms with Gasteiger partial charge in [-0.05, 0) is 31.6 Å². The molecule has 2 aliphatic rings. The molecule has 0 bridgehead atoms. The zero-order valence-corrected chi connectivity index (χ0v) is 6.92. The van der Waals surface area contributed by atoms with Crippen LogP contribution in [0.3, 0.4) is 0 Å². The lowest BCUT2D eigenvalue weighted by Crippen LogP contribution is -2.30. The first kappa shape index (κ1) is 7.80. The lowest BCUT2D eigenvalue weighted by molar-refractivity contribution is -0.138. The highest BCUT2D eigenvalue weighted by atomic mass is 16.4. The topological polar surface area (TPSA) is 63.3 Å². The van der Waals surface area contributed by atoms with Gasteiger partial charge in [-0.1, -0.05) is 11.1 Å². The van der Waals surface area contributed by atoms with Crippen molar-refractivity contribution in [3.05, 3.63) is 11.1 Å². The summed E-state index contributed by atoms with van der Waals surface area (Å²) in [5.41, 5.74) is 8.49. The third kappa shape index (κ3) is 1.50. The number of rotatable bonds is 3. The minimum absolute atomic E-state index is 0.508. The summed E-state index contributed by atoms with van der Waals surface area (Å²) < 4.78 is 0. The van der Waals surface area contributed by atoms with Gasteiger partial charge in [0.2, 0.25) is 0 Å². The van der Waals surface area contributed by atoms with E-state index in [2.05, 4.69) is 0 Å². The van der Waals surface area contributed by atoms with Crippen molar-refractivity contribution in [1.82, 2.24) is 0 Å². The van der Waals surface area contributed by atoms with Crippen molar-refractivity contribution >= 4 is 5.97 Å². The minimum Gasteiger partial charge on any atom is -0.480 e. The molecule has 2 saturated carbocycles. The highest BCUT2D eigenvalue weighted by Gasteiger charge is 2.37. The van der Waals surface area contributed by atoms with Crippen LogP contribution in [0.15, 0.2) is 11.1 Å². The van der Waals surface area contributed by atoms with Crippen molar-refractivity contribution in [2.75, 3.05) is 0 Å². The molecule has 0 amide bonds. The van der Waals surface area contributed by atoms with Gasteiger partial charge in [0.25, 0.3) is 0 Å². The monoisotopic (exact) mass is 167 g/mol. The molecular formula is C9H13NO2. The van der Waals surface area contributed by atoms with Crippen LogP contribution in [-0.4, -0.2) is 17.1 Å². The molecule has 0 heterocycles. The number of hydrogen-bond donors (Lipinski definition) is 2. The number of nitrogens with two attached hydrogens (primary N) is 1. The van der Waals surface area contributed by atoms with Gasteiger partial charge in [0.05, 0.1) is 0 Å². The van der Waals surface area contributed by atoms with Crippen molar-refractivity contribution in [1.29, 1.82) is 0 Å². The van der Waals surface area contributed by atoms with Gasteiger partial charge in [-0.15, -0.1) is 0 Å². The number of aliphatic carboxylic acids is 1. The first-order chi connectivity index (χ1) is 5.68. The average molecular weight is 167 g/mol. The molecule has 66 valence electrons. The van der Waals surface area contributed by atoms with E-state index in [9.17, 15) is 4.79 Å². The van der Waals surface area contributed by atoms with Crippen LogP contribution in [-0.2, 0) is 4.79 Å². The molecule has 3 N–H and O–H groups in total. The smallest absolute Gasteiger partial charge is 0.320 e. The third-order valence-corrected chi connectivity index (χ3v) is 2.61. The second-order valence-corrected chi connectivity index (χ2v) is 3.71. The van der Waals surface area contributed by atoms with E-state index >= 15 is 0 Å². The van der Waals surface area contributed by atoms with Gasteiger partial charge >= 0.3 is 5.97 Å². The highest BCUT2D eigenvalue weighted by molar-refractivity contribution is 5.73. The Labute approximate surface area is 71.3 Å². The Morgan fingerprint density at radius 2 is 2.33 bits per heavy atom. The Morgan fingerprint density at radius 1 is 1.67 bits per heavy atom. The molecule has 0 aromatic rings. The molecule has 2 fully saturated rings. The van der Waals surface area contributed by atoms with E-state index in [0.29, 0.717) is 12.3 Å². The molecule has 3 heteroatoms.